The van der Waals surface area contributed by atoms with Crippen LogP contribution >= 0.6 is 0 Å². The van der Waals surface area contributed by atoms with Gasteiger partial charge in [0.05, 0.1) is 36.0 Å². The van der Waals surface area contributed by atoms with E-state index < -0.39 is 5.97 Å². The van der Waals surface area contributed by atoms with Crippen LogP contribution in [-0.4, -0.2) is 23.1 Å². The number of carboxylic acid groups (broad SMARTS) is 1. The molecule has 3 rings (SSSR count). The summed E-state index contributed by atoms with van der Waals surface area (Å²) < 4.78 is 0. The van der Waals surface area contributed by atoms with Crippen LogP contribution in [0.4, 0.5) is 0 Å². The van der Waals surface area contributed by atoms with E-state index in [0.29, 0.717) is 5.70 Å². The molecule has 110 valence electrons. The Balaban J connectivity index is 0.00000176. The summed E-state index contributed by atoms with van der Waals surface area (Å²) in [6.45, 7) is 0. The average molecular weight is 315 g/mol. The maximum atomic E-state index is 10.9. The van der Waals surface area contributed by atoms with Gasteiger partial charge in [-0.15, -0.1) is 0 Å². The Labute approximate surface area is 132 Å². The Morgan fingerprint density at radius 3 is 2.68 bits per heavy atom. The summed E-state index contributed by atoms with van der Waals surface area (Å²) in [6.07, 6.45) is 5.44. The first kappa shape index (κ1) is 15.6. The average Bonchev–Trinajstić information content (AvgIpc) is 2.87. The fourth-order valence-corrected chi connectivity index (χ4v) is 2.29. The Hall–Kier alpha value is -2.75. The van der Waals surface area contributed by atoms with Crippen molar-refractivity contribution in [2.24, 2.45) is 9.98 Å². The molecule has 2 aliphatic rings. The highest BCUT2D eigenvalue weighted by molar-refractivity contribution is 5.99. The number of hydrogen-bond acceptors (Lipinski definition) is 4. The van der Waals surface area contributed by atoms with Crippen LogP contribution in [0.5, 0.6) is 0 Å². The number of carboxylic acids is 1. The number of hydrogen-bond donors (Lipinski definition) is 2. The lowest BCUT2D eigenvalue weighted by molar-refractivity contribution is -0.689. The first-order valence-corrected chi connectivity index (χ1v) is 6.30. The highest BCUT2D eigenvalue weighted by Gasteiger charge is 2.32. The number of nitrogens with zero attached hydrogens (tertiary/aromatic N) is 3. The molecule has 22 heavy (non-hydrogen) atoms. The molecule has 1 aromatic carbocycles. The molecule has 2 aliphatic heterocycles. The lowest BCUT2D eigenvalue weighted by Crippen LogP contribution is -3.08. The van der Waals surface area contributed by atoms with E-state index in [2.05, 4.69) is 16.1 Å². The van der Waals surface area contributed by atoms with Crippen molar-refractivity contribution in [3.8, 4) is 6.07 Å². The van der Waals surface area contributed by atoms with Crippen LogP contribution in [-0.2, 0) is 0 Å². The van der Waals surface area contributed by atoms with Gasteiger partial charge in [0.1, 0.15) is 11.9 Å². The third-order valence-corrected chi connectivity index (χ3v) is 3.29. The topological polar surface area (TPSA) is 90.2 Å². The molecule has 2 N–H and O–H groups in total. The van der Waals surface area contributed by atoms with Gasteiger partial charge in [0.15, 0.2) is 5.70 Å². The molecule has 0 bridgehead atoms. The molecule has 2 heterocycles. The zero-order valence-electron chi connectivity index (χ0n) is 11.3. The molecule has 6 nitrogen and oxygen atoms in total. The van der Waals surface area contributed by atoms with Gasteiger partial charge in [-0.1, -0.05) is 0 Å². The van der Waals surface area contributed by atoms with Gasteiger partial charge in [-0.3, -0.25) is 4.99 Å². The number of halogens is 1. The van der Waals surface area contributed by atoms with Crippen molar-refractivity contribution in [1.82, 2.24) is 0 Å². The molecule has 1 atom stereocenters. The quantitative estimate of drug-likeness (QED) is 0.658. The number of nitrogens with one attached hydrogen (secondary N) is 1. The Kier molecular flexibility index (Phi) is 4.51. The van der Waals surface area contributed by atoms with Crippen LogP contribution in [0.15, 0.2) is 58.0 Å². The van der Waals surface area contributed by atoms with E-state index in [4.69, 9.17) is 10.4 Å². The van der Waals surface area contributed by atoms with Crippen molar-refractivity contribution in [3.05, 3.63) is 59.2 Å². The Bertz CT molecular complexity index is 770. The normalized spacial score (nSPS) is 18.3. The van der Waals surface area contributed by atoms with Crippen LogP contribution in [0.2, 0.25) is 0 Å². The van der Waals surface area contributed by atoms with Gasteiger partial charge in [-0.05, 0) is 24.3 Å². The molecule has 0 aromatic heterocycles. The summed E-state index contributed by atoms with van der Waals surface area (Å²) in [5.74, 6) is -0.217. The van der Waals surface area contributed by atoms with Gasteiger partial charge in [0.2, 0.25) is 5.84 Å². The van der Waals surface area contributed by atoms with Gasteiger partial charge in [0, 0.05) is 0 Å². The van der Waals surface area contributed by atoms with Crippen molar-refractivity contribution < 1.29 is 27.2 Å². The molecule has 0 fully saturated rings. The van der Waals surface area contributed by atoms with E-state index in [1.54, 1.807) is 36.7 Å². The minimum Gasteiger partial charge on any atom is -1.00 e. The summed E-state index contributed by atoms with van der Waals surface area (Å²) in [6, 6.07) is 8.63. The monoisotopic (exact) mass is 314 g/mol. The fraction of sp³-hybridized carbons (Fsp3) is 0.0667. The number of quaternary nitrogens is 1. The van der Waals surface area contributed by atoms with Crippen molar-refractivity contribution >= 4 is 18.0 Å². The smallest absolute Gasteiger partial charge is 0.335 e. The number of allylic oxidation sites excluding steroid dienone is 2. The highest BCUT2D eigenvalue weighted by atomic mass is 35.5. The molecule has 0 saturated heterocycles. The standard InChI is InChI=1S/C15H10N4O2.ClH/c16-6-5-12-13-9-17-7-8-19(13)14(18-12)10-1-3-11(4-2-10)15(20)21;/h1-4,7-9H,5H2,(H,20,21);1H. The van der Waals surface area contributed by atoms with E-state index in [-0.39, 0.29) is 24.4 Å². The number of carbonyl (C=O) groups is 1. The lowest BCUT2D eigenvalue weighted by atomic mass is 10.1. The largest absolute Gasteiger partial charge is 1.00 e. The molecule has 0 spiro atoms. The number of fused-ring (bicyclic) bond motifs is 1. The number of rotatable bonds is 3. The number of amidine groups is 1. The van der Waals surface area contributed by atoms with Gasteiger partial charge >= 0.3 is 5.97 Å². The minimum absolute atomic E-state index is 0. The van der Waals surface area contributed by atoms with E-state index in [1.165, 1.54) is 0 Å². The second-order valence-electron chi connectivity index (χ2n) is 4.55. The Morgan fingerprint density at radius 1 is 1.32 bits per heavy atom. The van der Waals surface area contributed by atoms with E-state index >= 15 is 0 Å². The van der Waals surface area contributed by atoms with Crippen LogP contribution in [0, 0.1) is 11.3 Å². The van der Waals surface area contributed by atoms with Crippen LogP contribution in [0.25, 0.3) is 0 Å². The summed E-state index contributed by atoms with van der Waals surface area (Å²) in [7, 11) is 0. The molecular weight excluding hydrogens is 304 g/mol. The van der Waals surface area contributed by atoms with Gasteiger partial charge in [-0.2, -0.15) is 10.3 Å². The van der Waals surface area contributed by atoms with Crippen molar-refractivity contribution in [1.29, 1.82) is 5.26 Å². The van der Waals surface area contributed by atoms with E-state index in [1.807, 2.05) is 6.20 Å². The van der Waals surface area contributed by atoms with Crippen molar-refractivity contribution in [3.63, 3.8) is 0 Å². The number of aliphatic imine (C=N–C) groups is 2. The summed E-state index contributed by atoms with van der Waals surface area (Å²) in [5, 5.41) is 17.8. The van der Waals surface area contributed by atoms with E-state index in [9.17, 15) is 4.79 Å². The third kappa shape index (κ3) is 2.68. The summed E-state index contributed by atoms with van der Waals surface area (Å²) in [4.78, 5) is 20.4. The predicted octanol–water partition coefficient (Wildman–Crippen LogP) is -2.29. The third-order valence-electron chi connectivity index (χ3n) is 3.29. The van der Waals surface area contributed by atoms with Gasteiger partial charge in [-0.25, -0.2) is 9.69 Å². The van der Waals surface area contributed by atoms with Crippen LogP contribution in [0.3, 0.4) is 0 Å². The molecule has 1 unspecified atom stereocenters. The molecule has 0 saturated carbocycles. The lowest BCUT2D eigenvalue weighted by Gasteiger charge is -2.12. The predicted molar refractivity (Wildman–Crippen MR) is 75.8 cm³/mol. The minimum atomic E-state index is -0.962. The maximum Gasteiger partial charge on any atom is 0.335 e. The number of aromatic carboxylic acids is 1. The molecular formula is C15H11ClN4O2. The molecule has 1 aromatic rings. The number of benzene rings is 1. The van der Waals surface area contributed by atoms with Crippen molar-refractivity contribution in [2.45, 2.75) is 6.42 Å². The van der Waals surface area contributed by atoms with Gasteiger partial charge in [0.25, 0.3) is 0 Å². The second-order valence-corrected chi connectivity index (χ2v) is 4.55. The van der Waals surface area contributed by atoms with Crippen LogP contribution in [0.1, 0.15) is 22.3 Å². The fourth-order valence-electron chi connectivity index (χ4n) is 2.29. The van der Waals surface area contributed by atoms with Gasteiger partial charge < -0.3 is 17.5 Å². The first-order chi connectivity index (χ1) is 10.2. The van der Waals surface area contributed by atoms with Crippen LogP contribution < -0.4 is 17.3 Å². The number of nitriles is 1. The van der Waals surface area contributed by atoms with Crippen molar-refractivity contribution in [2.75, 3.05) is 0 Å². The van der Waals surface area contributed by atoms with E-state index in [0.717, 1.165) is 22.0 Å². The molecule has 0 radical (unpaired) electrons. The molecule has 0 aliphatic carbocycles. The second kappa shape index (κ2) is 6.35. The molecule has 0 amide bonds. The SMILES string of the molecule is N#CCC1=C2C=NC=C[NH+]2C(c2ccc(C(=O)O)cc2)=N1.[Cl-]. The maximum absolute atomic E-state index is 10.9. The first-order valence-electron chi connectivity index (χ1n) is 6.30. The zero-order valence-corrected chi connectivity index (χ0v) is 12.1. The zero-order chi connectivity index (χ0) is 14.8. The summed E-state index contributed by atoms with van der Waals surface area (Å²) in [5.41, 5.74) is 2.60. The summed E-state index contributed by atoms with van der Waals surface area (Å²) >= 11 is 0. The molecule has 7 heteroatoms. The highest BCUT2D eigenvalue weighted by Crippen LogP contribution is 2.15. The Morgan fingerprint density at radius 2 is 2.05 bits per heavy atom.